The maximum absolute atomic E-state index is 12.6. The maximum Gasteiger partial charge on any atom is 0.319 e. The lowest BCUT2D eigenvalue weighted by Gasteiger charge is -2.26. The summed E-state index contributed by atoms with van der Waals surface area (Å²) in [7, 11) is 0. The number of nitrogens with two attached hydrogens (primary N) is 1. The minimum atomic E-state index is -0.306. The highest BCUT2D eigenvalue weighted by Gasteiger charge is 2.20. The molecule has 2 amide bonds. The summed E-state index contributed by atoms with van der Waals surface area (Å²) in [5.74, 6) is 0.378. The van der Waals surface area contributed by atoms with Crippen LogP contribution in [0, 0.1) is 0 Å². The maximum atomic E-state index is 12.6. The molecule has 1 aromatic heterocycles. The van der Waals surface area contributed by atoms with Crippen LogP contribution in [-0.4, -0.2) is 60.1 Å². The van der Waals surface area contributed by atoms with Gasteiger partial charge in [-0.05, 0) is 12.1 Å². The molecule has 2 heterocycles. The molecular weight excluding hydrogens is 380 g/mol. The summed E-state index contributed by atoms with van der Waals surface area (Å²) < 4.78 is 6.99. The first-order valence-corrected chi connectivity index (χ1v) is 10.1. The highest BCUT2D eigenvalue weighted by Crippen LogP contribution is 2.33. The van der Waals surface area contributed by atoms with E-state index in [0.717, 1.165) is 44.1 Å². The fourth-order valence-electron chi connectivity index (χ4n) is 3.43. The highest BCUT2D eigenvalue weighted by atomic mass is 16.5. The number of nitrogens with zero attached hydrogens (tertiary/aromatic N) is 3. The number of ether oxygens (including phenoxy) is 1. The lowest BCUT2D eigenvalue weighted by molar-refractivity contribution is 0.0388. The van der Waals surface area contributed by atoms with E-state index in [9.17, 15) is 4.79 Å². The Morgan fingerprint density at radius 2 is 1.70 bits per heavy atom. The van der Waals surface area contributed by atoms with Crippen LogP contribution in [0.15, 0.2) is 60.7 Å². The molecule has 1 aliphatic heterocycles. The molecule has 1 fully saturated rings. The molecular formula is C22H26N6O2. The molecule has 1 aliphatic rings. The number of aromatic nitrogens is 2. The Hall–Kier alpha value is -3.36. The van der Waals surface area contributed by atoms with Crippen molar-refractivity contribution in [2.75, 3.05) is 50.4 Å². The normalized spacial score (nSPS) is 14.4. The number of carbonyl (C=O) groups excluding carboxylic acids is 1. The molecule has 4 N–H and O–H groups in total. The molecule has 8 nitrogen and oxygen atoms in total. The molecule has 2 aromatic carbocycles. The summed E-state index contributed by atoms with van der Waals surface area (Å²) in [6, 6.07) is 19.0. The smallest absolute Gasteiger partial charge is 0.319 e. The van der Waals surface area contributed by atoms with Gasteiger partial charge in [-0.3, -0.25) is 4.90 Å². The molecule has 0 atom stereocenters. The highest BCUT2D eigenvalue weighted by molar-refractivity contribution is 5.97. The molecule has 1 saturated heterocycles. The molecule has 0 radical (unpaired) electrons. The fraction of sp³-hybridized carbons (Fsp3) is 0.273. The predicted molar refractivity (Wildman–Crippen MR) is 118 cm³/mol. The largest absolute Gasteiger partial charge is 0.382 e. The van der Waals surface area contributed by atoms with Crippen LogP contribution in [0.5, 0.6) is 0 Å². The summed E-state index contributed by atoms with van der Waals surface area (Å²) in [6.45, 7) is 4.57. The molecule has 8 heteroatoms. The van der Waals surface area contributed by atoms with Gasteiger partial charge in [-0.15, -0.1) is 0 Å². The van der Waals surface area contributed by atoms with Gasteiger partial charge in [-0.2, -0.15) is 5.10 Å². The molecule has 3 aromatic rings. The zero-order valence-corrected chi connectivity index (χ0v) is 16.8. The second kappa shape index (κ2) is 9.43. The van der Waals surface area contributed by atoms with Gasteiger partial charge in [0.05, 0.1) is 18.9 Å². The van der Waals surface area contributed by atoms with Crippen LogP contribution < -0.4 is 16.4 Å². The van der Waals surface area contributed by atoms with Crippen molar-refractivity contribution in [1.82, 2.24) is 20.0 Å². The van der Waals surface area contributed by atoms with Crippen LogP contribution in [0.4, 0.5) is 16.3 Å². The Balaban J connectivity index is 1.52. The average molecular weight is 406 g/mol. The number of hydrogen-bond donors (Lipinski definition) is 3. The topological polar surface area (TPSA) is 97.4 Å². The number of benzene rings is 2. The summed E-state index contributed by atoms with van der Waals surface area (Å²) >= 11 is 0. The Morgan fingerprint density at radius 1 is 1.03 bits per heavy atom. The minimum absolute atomic E-state index is 0.306. The molecule has 30 heavy (non-hydrogen) atoms. The summed E-state index contributed by atoms with van der Waals surface area (Å²) in [5.41, 5.74) is 9.23. The van der Waals surface area contributed by atoms with E-state index in [1.165, 1.54) is 0 Å². The van der Waals surface area contributed by atoms with E-state index >= 15 is 0 Å². The number of hydrogen-bond acceptors (Lipinski definition) is 5. The van der Waals surface area contributed by atoms with E-state index < -0.39 is 0 Å². The van der Waals surface area contributed by atoms with Crippen LogP contribution in [0.3, 0.4) is 0 Å². The molecule has 156 valence electrons. The van der Waals surface area contributed by atoms with Crippen LogP contribution in [0.2, 0.25) is 0 Å². The fourth-order valence-corrected chi connectivity index (χ4v) is 3.43. The standard InChI is InChI=1S/C22H26N6O2/c23-21-20(25-22(29)24-11-12-27-13-15-30-16-14-27)19(17-7-3-1-4-8-17)26-28(21)18-9-5-2-6-10-18/h1-10H,11-16,23H2,(H2,24,25,29). The van der Waals surface area contributed by atoms with E-state index in [2.05, 4.69) is 20.6 Å². The SMILES string of the molecule is Nc1c(NC(=O)NCCN2CCOCC2)c(-c2ccccc2)nn1-c1ccccc1. The molecule has 0 unspecified atom stereocenters. The Bertz CT molecular complexity index is 968. The number of amides is 2. The Kier molecular flexibility index (Phi) is 6.26. The van der Waals surface area contributed by atoms with Crippen molar-refractivity contribution in [2.45, 2.75) is 0 Å². The first-order chi connectivity index (χ1) is 14.7. The van der Waals surface area contributed by atoms with Crippen molar-refractivity contribution in [3.8, 4) is 16.9 Å². The number of rotatable bonds is 6. The lowest BCUT2D eigenvalue weighted by atomic mass is 10.1. The minimum Gasteiger partial charge on any atom is -0.382 e. The molecule has 0 spiro atoms. The van der Waals surface area contributed by atoms with Gasteiger partial charge in [-0.1, -0.05) is 48.5 Å². The van der Waals surface area contributed by atoms with E-state index in [1.54, 1.807) is 4.68 Å². The van der Waals surface area contributed by atoms with Gasteiger partial charge in [0.1, 0.15) is 11.4 Å². The van der Waals surface area contributed by atoms with Gasteiger partial charge in [-0.25, -0.2) is 9.48 Å². The van der Waals surface area contributed by atoms with Crippen molar-refractivity contribution in [3.05, 3.63) is 60.7 Å². The van der Waals surface area contributed by atoms with Gasteiger partial charge >= 0.3 is 6.03 Å². The number of nitrogen functional groups attached to an aromatic ring is 1. The quantitative estimate of drug-likeness (QED) is 0.585. The zero-order chi connectivity index (χ0) is 20.8. The van der Waals surface area contributed by atoms with Crippen LogP contribution in [-0.2, 0) is 4.74 Å². The average Bonchev–Trinajstić information content (AvgIpc) is 3.12. The van der Waals surface area contributed by atoms with E-state index in [0.29, 0.717) is 23.7 Å². The second-order valence-corrected chi connectivity index (χ2v) is 7.06. The molecule has 0 saturated carbocycles. The molecule has 0 aliphatic carbocycles. The van der Waals surface area contributed by atoms with Crippen molar-refractivity contribution in [1.29, 1.82) is 0 Å². The summed E-state index contributed by atoms with van der Waals surface area (Å²) in [4.78, 5) is 14.8. The predicted octanol–water partition coefficient (Wildman–Crippen LogP) is 2.58. The van der Waals surface area contributed by atoms with Crippen molar-refractivity contribution in [3.63, 3.8) is 0 Å². The van der Waals surface area contributed by atoms with Crippen molar-refractivity contribution < 1.29 is 9.53 Å². The number of anilines is 2. The second-order valence-electron chi connectivity index (χ2n) is 7.06. The zero-order valence-electron chi connectivity index (χ0n) is 16.8. The first-order valence-electron chi connectivity index (χ1n) is 10.1. The van der Waals surface area contributed by atoms with Gasteiger partial charge in [0.25, 0.3) is 0 Å². The summed E-state index contributed by atoms with van der Waals surface area (Å²) in [5, 5.41) is 10.5. The molecule has 4 rings (SSSR count). The van der Waals surface area contributed by atoms with Gasteiger partial charge in [0.15, 0.2) is 5.82 Å². The van der Waals surface area contributed by atoms with Gasteiger partial charge < -0.3 is 21.1 Å². The van der Waals surface area contributed by atoms with Crippen LogP contribution >= 0.6 is 0 Å². The van der Waals surface area contributed by atoms with Crippen molar-refractivity contribution >= 4 is 17.5 Å². The number of nitrogens with one attached hydrogen (secondary N) is 2. The number of carbonyl (C=O) groups is 1. The van der Waals surface area contributed by atoms with E-state index in [-0.39, 0.29) is 6.03 Å². The van der Waals surface area contributed by atoms with Gasteiger partial charge in [0.2, 0.25) is 0 Å². The third kappa shape index (κ3) is 4.61. The third-order valence-corrected chi connectivity index (χ3v) is 5.02. The Labute approximate surface area is 175 Å². The number of para-hydroxylation sites is 1. The molecule has 0 bridgehead atoms. The Morgan fingerprint density at radius 3 is 2.40 bits per heavy atom. The van der Waals surface area contributed by atoms with E-state index in [4.69, 9.17) is 10.5 Å². The third-order valence-electron chi connectivity index (χ3n) is 5.02. The summed E-state index contributed by atoms with van der Waals surface area (Å²) in [6.07, 6.45) is 0. The monoisotopic (exact) mass is 406 g/mol. The first kappa shape index (κ1) is 19.9. The van der Waals surface area contributed by atoms with Crippen molar-refractivity contribution in [2.24, 2.45) is 0 Å². The van der Waals surface area contributed by atoms with Gasteiger partial charge in [0, 0.05) is 31.7 Å². The lowest BCUT2D eigenvalue weighted by Crippen LogP contribution is -2.42. The number of morpholine rings is 1. The van der Waals surface area contributed by atoms with Crippen LogP contribution in [0.1, 0.15) is 0 Å². The van der Waals surface area contributed by atoms with E-state index in [1.807, 2.05) is 60.7 Å². The van der Waals surface area contributed by atoms with Crippen LogP contribution in [0.25, 0.3) is 16.9 Å². The number of urea groups is 1.